The van der Waals surface area contributed by atoms with Crippen molar-refractivity contribution < 1.29 is 13.9 Å². The number of para-hydroxylation sites is 1. The molecule has 1 aliphatic rings. The van der Waals surface area contributed by atoms with E-state index in [9.17, 15) is 4.39 Å². The maximum atomic E-state index is 14.0. The topological polar surface area (TPSA) is 68.5 Å². The molecule has 0 N–H and O–H groups in total. The molecule has 1 aromatic heterocycles. The highest BCUT2D eigenvalue weighted by Crippen LogP contribution is 2.30. The van der Waals surface area contributed by atoms with Crippen molar-refractivity contribution in [2.75, 3.05) is 45.3 Å². The summed E-state index contributed by atoms with van der Waals surface area (Å²) >= 11 is 0. The molecule has 0 amide bonds. The van der Waals surface area contributed by atoms with E-state index in [4.69, 9.17) is 9.47 Å². The van der Waals surface area contributed by atoms with Gasteiger partial charge in [0.05, 0.1) is 19.9 Å². The SMILES string of the molecule is COc1ccc(-c2nnn(CN3CCN(c4ccccc4F)CC3)n2)cc1OC. The number of halogens is 1. The molecule has 0 aliphatic carbocycles. The molecule has 2 heterocycles. The number of nitrogens with zero attached hydrogens (tertiary/aromatic N) is 6. The Hall–Kier alpha value is -3.20. The molecule has 0 radical (unpaired) electrons. The lowest BCUT2D eigenvalue weighted by Gasteiger charge is -2.35. The molecule has 29 heavy (non-hydrogen) atoms. The van der Waals surface area contributed by atoms with Crippen LogP contribution in [0.15, 0.2) is 42.5 Å². The maximum absolute atomic E-state index is 14.0. The lowest BCUT2D eigenvalue weighted by Crippen LogP contribution is -2.47. The second-order valence-corrected chi connectivity index (χ2v) is 6.75. The van der Waals surface area contributed by atoms with Gasteiger partial charge in [0.15, 0.2) is 11.5 Å². The zero-order chi connectivity index (χ0) is 20.2. The lowest BCUT2D eigenvalue weighted by molar-refractivity contribution is 0.182. The minimum atomic E-state index is -0.182. The first-order valence-corrected chi connectivity index (χ1v) is 9.40. The predicted octanol–water partition coefficient (Wildman–Crippen LogP) is 2.28. The highest BCUT2D eigenvalue weighted by Gasteiger charge is 2.20. The number of anilines is 1. The molecule has 0 saturated carbocycles. The summed E-state index contributed by atoms with van der Waals surface area (Å²) in [6.07, 6.45) is 0. The van der Waals surface area contributed by atoms with Gasteiger partial charge in [-0.15, -0.1) is 15.0 Å². The van der Waals surface area contributed by atoms with E-state index >= 15 is 0 Å². The van der Waals surface area contributed by atoms with Gasteiger partial charge >= 0.3 is 0 Å². The van der Waals surface area contributed by atoms with Gasteiger partial charge in [0.25, 0.3) is 0 Å². The Bertz CT molecular complexity index is 971. The monoisotopic (exact) mass is 398 g/mol. The summed E-state index contributed by atoms with van der Waals surface area (Å²) in [6.45, 7) is 3.62. The van der Waals surface area contributed by atoms with Crippen molar-refractivity contribution in [1.29, 1.82) is 0 Å². The van der Waals surface area contributed by atoms with Crippen LogP contribution in [-0.2, 0) is 6.67 Å². The Balaban J connectivity index is 1.38. The van der Waals surface area contributed by atoms with Crippen molar-refractivity contribution in [2.24, 2.45) is 0 Å². The van der Waals surface area contributed by atoms with E-state index in [1.54, 1.807) is 25.1 Å². The lowest BCUT2D eigenvalue weighted by atomic mass is 10.2. The van der Waals surface area contributed by atoms with Crippen LogP contribution in [0.3, 0.4) is 0 Å². The molecule has 2 aromatic carbocycles. The highest BCUT2D eigenvalue weighted by atomic mass is 19.1. The van der Waals surface area contributed by atoms with Crippen LogP contribution in [0.25, 0.3) is 11.4 Å². The Morgan fingerprint density at radius 3 is 2.45 bits per heavy atom. The fraction of sp³-hybridized carbons (Fsp3) is 0.350. The molecule has 0 atom stereocenters. The van der Waals surface area contributed by atoms with E-state index in [0.717, 1.165) is 31.7 Å². The predicted molar refractivity (Wildman–Crippen MR) is 107 cm³/mol. The molecular weight excluding hydrogens is 375 g/mol. The zero-order valence-electron chi connectivity index (χ0n) is 16.5. The molecule has 152 valence electrons. The van der Waals surface area contributed by atoms with Gasteiger partial charge in [-0.05, 0) is 35.5 Å². The van der Waals surface area contributed by atoms with Gasteiger partial charge in [-0.25, -0.2) is 4.39 Å². The van der Waals surface area contributed by atoms with E-state index in [1.165, 1.54) is 6.07 Å². The van der Waals surface area contributed by atoms with Crippen LogP contribution in [-0.4, -0.2) is 65.5 Å². The van der Waals surface area contributed by atoms with Crippen LogP contribution in [0.1, 0.15) is 0 Å². The zero-order valence-corrected chi connectivity index (χ0v) is 16.5. The van der Waals surface area contributed by atoms with Crippen LogP contribution < -0.4 is 14.4 Å². The van der Waals surface area contributed by atoms with E-state index in [-0.39, 0.29) is 5.82 Å². The molecule has 9 heteroatoms. The average Bonchev–Trinajstić information content (AvgIpc) is 3.23. The fourth-order valence-corrected chi connectivity index (χ4v) is 3.41. The third-order valence-electron chi connectivity index (χ3n) is 4.99. The third-order valence-corrected chi connectivity index (χ3v) is 4.99. The molecular formula is C20H23FN6O2. The largest absolute Gasteiger partial charge is 0.493 e. The minimum absolute atomic E-state index is 0.182. The number of rotatable bonds is 6. The van der Waals surface area contributed by atoms with Crippen molar-refractivity contribution in [2.45, 2.75) is 6.67 Å². The standard InChI is InChI=1S/C20H23FN6O2/c1-28-18-8-7-15(13-19(18)29-2)20-22-24-27(23-20)14-25-9-11-26(12-10-25)17-6-4-3-5-16(17)21/h3-8,13H,9-12,14H2,1-2H3. The number of methoxy groups -OCH3 is 2. The number of ether oxygens (including phenoxy) is 2. The molecule has 1 fully saturated rings. The van der Waals surface area contributed by atoms with Crippen molar-refractivity contribution in [3.63, 3.8) is 0 Å². The molecule has 0 unspecified atom stereocenters. The molecule has 3 aromatic rings. The van der Waals surface area contributed by atoms with E-state index in [1.807, 2.05) is 30.3 Å². The Morgan fingerprint density at radius 1 is 0.966 bits per heavy atom. The summed E-state index contributed by atoms with van der Waals surface area (Å²) in [5.74, 6) is 1.61. The number of hydrogen-bond acceptors (Lipinski definition) is 7. The van der Waals surface area contributed by atoms with Gasteiger partial charge in [0.1, 0.15) is 12.5 Å². The summed E-state index contributed by atoms with van der Waals surface area (Å²) in [4.78, 5) is 5.86. The van der Waals surface area contributed by atoms with Crippen molar-refractivity contribution in [1.82, 2.24) is 25.1 Å². The summed E-state index contributed by atoms with van der Waals surface area (Å²) < 4.78 is 24.6. The van der Waals surface area contributed by atoms with Gasteiger partial charge in [0.2, 0.25) is 5.82 Å². The van der Waals surface area contributed by atoms with Gasteiger partial charge in [0, 0.05) is 31.7 Å². The smallest absolute Gasteiger partial charge is 0.205 e. The van der Waals surface area contributed by atoms with Gasteiger partial charge in [-0.2, -0.15) is 0 Å². The number of aromatic nitrogens is 4. The second kappa shape index (κ2) is 8.44. The first kappa shape index (κ1) is 19.1. The first-order chi connectivity index (χ1) is 14.2. The molecule has 0 bridgehead atoms. The Morgan fingerprint density at radius 2 is 1.72 bits per heavy atom. The molecule has 1 saturated heterocycles. The average molecular weight is 398 g/mol. The summed E-state index contributed by atoms with van der Waals surface area (Å²) in [7, 11) is 3.19. The number of piperazine rings is 1. The van der Waals surface area contributed by atoms with E-state index < -0.39 is 0 Å². The summed E-state index contributed by atoms with van der Waals surface area (Å²) in [6, 6.07) is 12.4. The minimum Gasteiger partial charge on any atom is -0.493 e. The highest BCUT2D eigenvalue weighted by molar-refractivity contribution is 5.60. The summed E-state index contributed by atoms with van der Waals surface area (Å²) in [5, 5.41) is 12.8. The number of hydrogen-bond donors (Lipinski definition) is 0. The third kappa shape index (κ3) is 4.14. The van der Waals surface area contributed by atoms with Gasteiger partial charge in [-0.1, -0.05) is 12.1 Å². The normalized spacial score (nSPS) is 14.8. The second-order valence-electron chi connectivity index (χ2n) is 6.75. The van der Waals surface area contributed by atoms with Crippen molar-refractivity contribution >= 4 is 5.69 Å². The molecule has 1 aliphatic heterocycles. The Kier molecular flexibility index (Phi) is 5.57. The number of benzene rings is 2. The molecule has 8 nitrogen and oxygen atoms in total. The Labute approximate surface area is 168 Å². The number of tetrazole rings is 1. The van der Waals surface area contributed by atoms with Crippen LogP contribution in [0, 0.1) is 5.82 Å². The van der Waals surface area contributed by atoms with Crippen LogP contribution >= 0.6 is 0 Å². The van der Waals surface area contributed by atoms with E-state index in [2.05, 4.69) is 25.2 Å². The van der Waals surface area contributed by atoms with Crippen LogP contribution in [0.4, 0.5) is 10.1 Å². The van der Waals surface area contributed by atoms with Crippen molar-refractivity contribution in [3.8, 4) is 22.9 Å². The van der Waals surface area contributed by atoms with Gasteiger partial charge in [-0.3, -0.25) is 4.90 Å². The first-order valence-electron chi connectivity index (χ1n) is 9.40. The molecule has 4 rings (SSSR count). The quantitative estimate of drug-likeness (QED) is 0.631. The van der Waals surface area contributed by atoms with E-state index in [0.29, 0.717) is 29.7 Å². The van der Waals surface area contributed by atoms with Crippen LogP contribution in [0.5, 0.6) is 11.5 Å². The van der Waals surface area contributed by atoms with Crippen molar-refractivity contribution in [3.05, 3.63) is 48.3 Å². The fourth-order valence-electron chi connectivity index (χ4n) is 3.41. The summed E-state index contributed by atoms with van der Waals surface area (Å²) in [5.41, 5.74) is 1.46. The van der Waals surface area contributed by atoms with Crippen LogP contribution in [0.2, 0.25) is 0 Å². The van der Waals surface area contributed by atoms with Gasteiger partial charge < -0.3 is 14.4 Å². The maximum Gasteiger partial charge on any atom is 0.205 e. The molecule has 0 spiro atoms.